The van der Waals surface area contributed by atoms with E-state index in [2.05, 4.69) is 65.3 Å². The van der Waals surface area contributed by atoms with E-state index in [4.69, 9.17) is 4.98 Å². The minimum absolute atomic E-state index is 0.328. The molecule has 3 aromatic rings. The van der Waals surface area contributed by atoms with Crippen molar-refractivity contribution in [2.75, 3.05) is 0 Å². The van der Waals surface area contributed by atoms with Gasteiger partial charge in [-0.15, -0.1) is 11.3 Å². The predicted molar refractivity (Wildman–Crippen MR) is 86.2 cm³/mol. The fourth-order valence-corrected chi connectivity index (χ4v) is 4.26. The van der Waals surface area contributed by atoms with Crippen molar-refractivity contribution in [3.8, 4) is 0 Å². The first-order valence-corrected chi connectivity index (χ1v) is 8.01. The number of alkyl halides is 1. The molecule has 1 unspecified atom stereocenters. The zero-order valence-electron chi connectivity index (χ0n) is 10.6. The molecule has 3 rings (SSSR count). The van der Waals surface area contributed by atoms with E-state index in [1.807, 2.05) is 6.07 Å². The predicted octanol–water partition coefficient (Wildman–Crippen LogP) is 5.28. The van der Waals surface area contributed by atoms with Crippen LogP contribution in [0.4, 0.5) is 0 Å². The number of para-hydroxylation sites is 1. The third kappa shape index (κ3) is 2.72. The number of halogens is 1. The van der Waals surface area contributed by atoms with Crippen LogP contribution in [0.3, 0.4) is 0 Å². The van der Waals surface area contributed by atoms with Crippen LogP contribution in [0.15, 0.2) is 48.5 Å². The van der Waals surface area contributed by atoms with Gasteiger partial charge in [-0.05, 0) is 30.2 Å². The lowest BCUT2D eigenvalue weighted by Gasteiger charge is -2.11. The van der Waals surface area contributed by atoms with Crippen molar-refractivity contribution in [3.63, 3.8) is 0 Å². The Labute approximate surface area is 125 Å². The molecule has 19 heavy (non-hydrogen) atoms. The van der Waals surface area contributed by atoms with Gasteiger partial charge in [-0.3, -0.25) is 0 Å². The lowest BCUT2D eigenvalue weighted by Crippen LogP contribution is -1.97. The van der Waals surface area contributed by atoms with Gasteiger partial charge in [0, 0.05) is 11.2 Å². The SMILES string of the molecule is Cc1ccccc1C(Br)Cc1nc2ccccc2s1. The van der Waals surface area contributed by atoms with Crippen LogP contribution < -0.4 is 0 Å². The average molecular weight is 332 g/mol. The van der Waals surface area contributed by atoms with Crippen molar-refractivity contribution in [1.82, 2.24) is 4.98 Å². The van der Waals surface area contributed by atoms with E-state index in [1.54, 1.807) is 11.3 Å². The minimum atomic E-state index is 0.328. The second-order valence-corrected chi connectivity index (χ2v) is 6.82. The molecule has 3 heteroatoms. The molecule has 0 amide bonds. The minimum Gasteiger partial charge on any atom is -0.241 e. The molecule has 0 aliphatic rings. The number of hydrogen-bond donors (Lipinski definition) is 0. The molecular weight excluding hydrogens is 318 g/mol. The number of hydrogen-bond acceptors (Lipinski definition) is 2. The van der Waals surface area contributed by atoms with Gasteiger partial charge in [-0.25, -0.2) is 4.98 Å². The molecular formula is C16H14BrNS. The van der Waals surface area contributed by atoms with Gasteiger partial charge in [0.1, 0.15) is 0 Å². The topological polar surface area (TPSA) is 12.9 Å². The van der Waals surface area contributed by atoms with E-state index in [9.17, 15) is 0 Å². The summed E-state index contributed by atoms with van der Waals surface area (Å²) in [5.74, 6) is 0. The Bertz CT molecular complexity index is 672. The van der Waals surface area contributed by atoms with E-state index in [-0.39, 0.29) is 0 Å². The summed E-state index contributed by atoms with van der Waals surface area (Å²) in [6, 6.07) is 16.8. The van der Waals surface area contributed by atoms with Gasteiger partial charge in [-0.1, -0.05) is 52.3 Å². The summed E-state index contributed by atoms with van der Waals surface area (Å²) in [5.41, 5.74) is 3.78. The molecule has 0 saturated heterocycles. The third-order valence-corrected chi connectivity index (χ3v) is 5.09. The first-order chi connectivity index (χ1) is 9.24. The lowest BCUT2D eigenvalue weighted by molar-refractivity contribution is 0.929. The van der Waals surface area contributed by atoms with E-state index in [1.165, 1.54) is 20.8 Å². The molecule has 0 aliphatic carbocycles. The number of fused-ring (bicyclic) bond motifs is 1. The molecule has 1 aromatic heterocycles. The Morgan fingerprint density at radius 3 is 2.63 bits per heavy atom. The van der Waals surface area contributed by atoms with Crippen molar-refractivity contribution in [3.05, 3.63) is 64.7 Å². The third-order valence-electron chi connectivity index (χ3n) is 3.22. The van der Waals surface area contributed by atoms with Crippen LogP contribution in [-0.4, -0.2) is 4.98 Å². The molecule has 1 nitrogen and oxygen atoms in total. The number of thiazole rings is 1. The van der Waals surface area contributed by atoms with Gasteiger partial charge in [-0.2, -0.15) is 0 Å². The molecule has 0 spiro atoms. The smallest absolute Gasteiger partial charge is 0.0953 e. The standard InChI is InChI=1S/C16H14BrNS/c1-11-6-2-3-7-12(11)13(17)10-16-18-14-8-4-5-9-15(14)19-16/h2-9,13H,10H2,1H3. The van der Waals surface area contributed by atoms with E-state index >= 15 is 0 Å². The molecule has 0 aliphatic heterocycles. The van der Waals surface area contributed by atoms with Gasteiger partial charge < -0.3 is 0 Å². The van der Waals surface area contributed by atoms with Crippen molar-refractivity contribution in [1.29, 1.82) is 0 Å². The molecule has 0 fully saturated rings. The second-order valence-electron chi connectivity index (χ2n) is 4.60. The fourth-order valence-electron chi connectivity index (χ4n) is 2.21. The number of benzene rings is 2. The first-order valence-electron chi connectivity index (χ1n) is 6.28. The summed E-state index contributed by atoms with van der Waals surface area (Å²) in [6.07, 6.45) is 0.935. The maximum atomic E-state index is 4.70. The number of aromatic nitrogens is 1. The zero-order chi connectivity index (χ0) is 13.2. The molecule has 2 aromatic carbocycles. The van der Waals surface area contributed by atoms with Crippen molar-refractivity contribution in [2.45, 2.75) is 18.2 Å². The van der Waals surface area contributed by atoms with E-state index < -0.39 is 0 Å². The summed E-state index contributed by atoms with van der Waals surface area (Å²) >= 11 is 5.58. The van der Waals surface area contributed by atoms with Crippen LogP contribution in [-0.2, 0) is 6.42 Å². The van der Waals surface area contributed by atoms with Gasteiger partial charge in [0.05, 0.1) is 15.2 Å². The summed E-state index contributed by atoms with van der Waals surface area (Å²) in [4.78, 5) is 5.02. The average Bonchev–Trinajstić information content (AvgIpc) is 2.81. The molecule has 0 saturated carbocycles. The molecule has 0 bridgehead atoms. The van der Waals surface area contributed by atoms with Crippen LogP contribution in [0.1, 0.15) is 21.0 Å². The molecule has 1 heterocycles. The van der Waals surface area contributed by atoms with E-state index in [0.29, 0.717) is 4.83 Å². The van der Waals surface area contributed by atoms with Crippen molar-refractivity contribution in [2.24, 2.45) is 0 Å². The van der Waals surface area contributed by atoms with Gasteiger partial charge in [0.25, 0.3) is 0 Å². The normalized spacial score (nSPS) is 12.7. The molecule has 0 radical (unpaired) electrons. The summed E-state index contributed by atoms with van der Waals surface area (Å²) in [7, 11) is 0. The van der Waals surface area contributed by atoms with Crippen LogP contribution in [0, 0.1) is 6.92 Å². The largest absolute Gasteiger partial charge is 0.241 e. The van der Waals surface area contributed by atoms with E-state index in [0.717, 1.165) is 11.9 Å². The Morgan fingerprint density at radius 2 is 1.84 bits per heavy atom. The van der Waals surface area contributed by atoms with Gasteiger partial charge in [0.15, 0.2) is 0 Å². The highest BCUT2D eigenvalue weighted by Crippen LogP contribution is 2.32. The Kier molecular flexibility index (Phi) is 3.67. The zero-order valence-corrected chi connectivity index (χ0v) is 13.0. The number of nitrogens with zero attached hydrogens (tertiary/aromatic N) is 1. The number of aryl methyl sites for hydroxylation is 1. The maximum Gasteiger partial charge on any atom is 0.0953 e. The Morgan fingerprint density at radius 1 is 1.11 bits per heavy atom. The summed E-state index contributed by atoms with van der Waals surface area (Å²) in [5, 5.41) is 1.19. The van der Waals surface area contributed by atoms with Gasteiger partial charge >= 0.3 is 0 Å². The highest BCUT2D eigenvalue weighted by molar-refractivity contribution is 9.09. The Hall–Kier alpha value is -1.19. The summed E-state index contributed by atoms with van der Waals surface area (Å²) < 4.78 is 1.27. The van der Waals surface area contributed by atoms with Crippen LogP contribution in [0.5, 0.6) is 0 Å². The molecule has 96 valence electrons. The fraction of sp³-hybridized carbons (Fsp3) is 0.188. The van der Waals surface area contributed by atoms with Crippen LogP contribution in [0.2, 0.25) is 0 Å². The van der Waals surface area contributed by atoms with Crippen LogP contribution in [0.25, 0.3) is 10.2 Å². The van der Waals surface area contributed by atoms with Crippen molar-refractivity contribution >= 4 is 37.5 Å². The Balaban J connectivity index is 1.86. The number of rotatable bonds is 3. The highest BCUT2D eigenvalue weighted by Gasteiger charge is 2.13. The first kappa shape index (κ1) is 12.8. The molecule has 0 N–H and O–H groups in total. The second kappa shape index (κ2) is 5.43. The molecule has 1 atom stereocenters. The summed E-state index contributed by atoms with van der Waals surface area (Å²) in [6.45, 7) is 2.15. The maximum absolute atomic E-state index is 4.70. The lowest BCUT2D eigenvalue weighted by atomic mass is 10.0. The van der Waals surface area contributed by atoms with Crippen LogP contribution >= 0.6 is 27.3 Å². The quantitative estimate of drug-likeness (QED) is 0.594. The highest BCUT2D eigenvalue weighted by atomic mass is 79.9. The van der Waals surface area contributed by atoms with Crippen molar-refractivity contribution < 1.29 is 0 Å². The van der Waals surface area contributed by atoms with Gasteiger partial charge in [0.2, 0.25) is 0 Å². The monoisotopic (exact) mass is 331 g/mol.